The quantitative estimate of drug-likeness (QED) is 0.479. The molecular weight excluding hydrogens is 471 g/mol. The van der Waals surface area contributed by atoms with E-state index >= 15 is 0 Å². The van der Waals surface area contributed by atoms with Crippen LogP contribution in [0.1, 0.15) is 33.7 Å². The Kier molecular flexibility index (Phi) is 5.97. The molecule has 4 heterocycles. The van der Waals surface area contributed by atoms with Crippen LogP contribution >= 0.6 is 0 Å². The molecular formula is C24H27FN6O3S. The average molecular weight is 499 g/mol. The van der Waals surface area contributed by atoms with Crippen LogP contribution in [0, 0.1) is 6.92 Å². The largest absolute Gasteiger partial charge is 0.354 e. The molecule has 2 aliphatic heterocycles. The molecule has 1 aromatic carbocycles. The number of hydrogen-bond acceptors (Lipinski definition) is 7. The molecule has 9 nitrogen and oxygen atoms in total. The first kappa shape index (κ1) is 23.3. The predicted octanol–water partition coefficient (Wildman–Crippen LogP) is 2.47. The minimum Gasteiger partial charge on any atom is -0.354 e. The number of benzene rings is 1. The first-order valence-electron chi connectivity index (χ1n) is 11.4. The van der Waals surface area contributed by atoms with Gasteiger partial charge in [0.1, 0.15) is 18.2 Å². The van der Waals surface area contributed by atoms with Crippen molar-refractivity contribution in [3.05, 3.63) is 65.1 Å². The molecule has 1 fully saturated rings. The van der Waals surface area contributed by atoms with Crippen LogP contribution in [0.2, 0.25) is 0 Å². The molecule has 0 unspecified atom stereocenters. The molecule has 35 heavy (non-hydrogen) atoms. The Bertz CT molecular complexity index is 1400. The Balaban J connectivity index is 1.33. The van der Waals surface area contributed by atoms with Gasteiger partial charge in [-0.3, -0.25) is 4.79 Å². The number of hydrogen-bond donors (Lipinski definition) is 3. The molecule has 0 aliphatic carbocycles. The van der Waals surface area contributed by atoms with Gasteiger partial charge >= 0.3 is 0 Å². The molecule has 3 aromatic rings. The summed E-state index contributed by atoms with van der Waals surface area (Å²) in [4.78, 5) is 19.8. The van der Waals surface area contributed by atoms with E-state index in [1.54, 1.807) is 55.1 Å². The van der Waals surface area contributed by atoms with Gasteiger partial charge in [-0.25, -0.2) is 23.2 Å². The summed E-state index contributed by atoms with van der Waals surface area (Å²) in [7, 11) is -2.12. The molecule has 3 N–H and O–H groups in total. The van der Waals surface area contributed by atoms with E-state index in [-0.39, 0.29) is 27.4 Å². The standard InChI is InChI=1S/C24H27FN6O3S/c1-15-22(35(33,34)19-3-4-20-17(10-19)13-27-29-20)11-21(30(15)2)24(32)28-18-6-8-31(14-18)23-9-16(12-25)5-7-26-23/h3-5,7,9-11,18,27,29H,6,8,12-14H2,1-2H3,(H,28,32)/t18-/m1/s1. The van der Waals surface area contributed by atoms with Crippen LogP contribution in [-0.2, 0) is 30.1 Å². The number of carbonyl (C=O) groups excluding carboxylic acids is 1. The number of aromatic nitrogens is 2. The second-order valence-electron chi connectivity index (χ2n) is 8.90. The lowest BCUT2D eigenvalue weighted by Gasteiger charge is -2.18. The summed E-state index contributed by atoms with van der Waals surface area (Å²) in [6.07, 6.45) is 2.29. The number of rotatable bonds is 6. The average Bonchev–Trinajstić information content (AvgIpc) is 3.58. The summed E-state index contributed by atoms with van der Waals surface area (Å²) in [5.74, 6) is 0.344. The van der Waals surface area contributed by atoms with Crippen molar-refractivity contribution in [1.29, 1.82) is 0 Å². The zero-order chi connectivity index (χ0) is 24.7. The maximum atomic E-state index is 13.4. The first-order chi connectivity index (χ1) is 16.8. The Hall–Kier alpha value is -3.44. The molecule has 184 valence electrons. The molecule has 0 bridgehead atoms. The van der Waals surface area contributed by atoms with Crippen LogP contribution in [0.4, 0.5) is 15.9 Å². The minimum absolute atomic E-state index is 0.115. The third-order valence-electron chi connectivity index (χ3n) is 6.71. The van der Waals surface area contributed by atoms with Gasteiger partial charge in [-0.05, 0) is 60.9 Å². The topological polar surface area (TPSA) is 108 Å². The second kappa shape index (κ2) is 8.97. The number of pyridine rings is 1. The molecule has 2 aliphatic rings. The van der Waals surface area contributed by atoms with Gasteiger partial charge in [0, 0.05) is 44.6 Å². The number of sulfone groups is 1. The molecule has 5 rings (SSSR count). The van der Waals surface area contributed by atoms with Crippen LogP contribution in [0.15, 0.2) is 52.4 Å². The Morgan fingerprint density at radius 2 is 2.09 bits per heavy atom. The zero-order valence-corrected chi connectivity index (χ0v) is 20.3. The highest BCUT2D eigenvalue weighted by molar-refractivity contribution is 7.91. The zero-order valence-electron chi connectivity index (χ0n) is 19.5. The fraction of sp³-hybridized carbons (Fsp3) is 0.333. The molecule has 1 atom stereocenters. The van der Waals surface area contributed by atoms with E-state index < -0.39 is 16.5 Å². The molecule has 11 heteroatoms. The number of hydrazine groups is 1. The summed E-state index contributed by atoms with van der Waals surface area (Å²) in [6, 6.07) is 9.62. The van der Waals surface area contributed by atoms with Gasteiger partial charge < -0.3 is 20.2 Å². The van der Waals surface area contributed by atoms with Crippen molar-refractivity contribution in [2.24, 2.45) is 7.05 Å². The van der Waals surface area contributed by atoms with E-state index in [0.29, 0.717) is 43.1 Å². The number of nitrogens with one attached hydrogen (secondary N) is 3. The van der Waals surface area contributed by atoms with E-state index in [1.165, 1.54) is 6.07 Å². The first-order valence-corrected chi connectivity index (χ1v) is 12.9. The van der Waals surface area contributed by atoms with Gasteiger partial charge in [0.05, 0.1) is 15.5 Å². The van der Waals surface area contributed by atoms with E-state index in [1.807, 2.05) is 4.90 Å². The number of anilines is 2. The maximum Gasteiger partial charge on any atom is 0.268 e. The van der Waals surface area contributed by atoms with Gasteiger partial charge in [-0.1, -0.05) is 0 Å². The van der Waals surface area contributed by atoms with Gasteiger partial charge in [-0.15, -0.1) is 0 Å². The smallest absolute Gasteiger partial charge is 0.268 e. The maximum absolute atomic E-state index is 13.4. The Morgan fingerprint density at radius 3 is 2.89 bits per heavy atom. The fourth-order valence-electron chi connectivity index (χ4n) is 4.59. The lowest BCUT2D eigenvalue weighted by molar-refractivity contribution is 0.0932. The minimum atomic E-state index is -3.81. The highest BCUT2D eigenvalue weighted by atomic mass is 32.2. The summed E-state index contributed by atoms with van der Waals surface area (Å²) in [5, 5.41) is 3.02. The highest BCUT2D eigenvalue weighted by Crippen LogP contribution is 2.30. The van der Waals surface area contributed by atoms with Crippen LogP contribution < -0.4 is 21.1 Å². The summed E-state index contributed by atoms with van der Waals surface area (Å²) >= 11 is 0. The number of halogens is 1. The number of amides is 1. The van der Waals surface area contributed by atoms with Crippen molar-refractivity contribution >= 4 is 27.2 Å². The third-order valence-corrected chi connectivity index (χ3v) is 8.58. The Labute approximate surface area is 203 Å². The molecule has 0 saturated carbocycles. The van der Waals surface area contributed by atoms with Crippen molar-refractivity contribution in [1.82, 2.24) is 20.3 Å². The lowest BCUT2D eigenvalue weighted by atomic mass is 10.2. The summed E-state index contributed by atoms with van der Waals surface area (Å²) in [6.45, 7) is 2.90. The second-order valence-corrected chi connectivity index (χ2v) is 10.8. The van der Waals surface area contributed by atoms with Crippen molar-refractivity contribution in [2.45, 2.75) is 42.4 Å². The van der Waals surface area contributed by atoms with Gasteiger partial charge in [0.25, 0.3) is 5.91 Å². The van der Waals surface area contributed by atoms with Gasteiger partial charge in [0.15, 0.2) is 0 Å². The van der Waals surface area contributed by atoms with Crippen molar-refractivity contribution in [2.75, 3.05) is 23.4 Å². The summed E-state index contributed by atoms with van der Waals surface area (Å²) in [5.41, 5.74) is 9.02. The van der Waals surface area contributed by atoms with Crippen LogP contribution in [0.3, 0.4) is 0 Å². The normalized spacial score (nSPS) is 17.3. The van der Waals surface area contributed by atoms with Crippen molar-refractivity contribution in [3.63, 3.8) is 0 Å². The Morgan fingerprint density at radius 1 is 1.26 bits per heavy atom. The third kappa shape index (κ3) is 4.25. The lowest BCUT2D eigenvalue weighted by Crippen LogP contribution is -2.38. The summed E-state index contributed by atoms with van der Waals surface area (Å²) < 4.78 is 41.4. The number of alkyl halides is 1. The molecule has 1 saturated heterocycles. The highest BCUT2D eigenvalue weighted by Gasteiger charge is 2.30. The van der Waals surface area contributed by atoms with Crippen LogP contribution in [0.25, 0.3) is 0 Å². The number of nitrogens with zero attached hydrogens (tertiary/aromatic N) is 3. The van der Waals surface area contributed by atoms with E-state index in [4.69, 9.17) is 0 Å². The number of carbonyl (C=O) groups is 1. The van der Waals surface area contributed by atoms with Crippen molar-refractivity contribution < 1.29 is 17.6 Å². The van der Waals surface area contributed by atoms with Crippen LogP contribution in [0.5, 0.6) is 0 Å². The molecule has 0 radical (unpaired) electrons. The number of fused-ring (bicyclic) bond motifs is 1. The fourth-order valence-corrected chi connectivity index (χ4v) is 6.18. The van der Waals surface area contributed by atoms with E-state index in [9.17, 15) is 17.6 Å². The monoisotopic (exact) mass is 498 g/mol. The van der Waals surface area contributed by atoms with Gasteiger partial charge in [0.2, 0.25) is 9.84 Å². The molecule has 0 spiro atoms. The van der Waals surface area contributed by atoms with Gasteiger partial charge in [-0.2, -0.15) is 0 Å². The van der Waals surface area contributed by atoms with Crippen LogP contribution in [-0.4, -0.2) is 43.0 Å². The van der Waals surface area contributed by atoms with E-state index in [0.717, 1.165) is 11.3 Å². The van der Waals surface area contributed by atoms with Crippen molar-refractivity contribution in [3.8, 4) is 0 Å². The van der Waals surface area contributed by atoms with E-state index in [2.05, 4.69) is 21.2 Å². The predicted molar refractivity (Wildman–Crippen MR) is 130 cm³/mol. The molecule has 1 amide bonds. The SMILES string of the molecule is Cc1c(S(=O)(=O)c2ccc3c(c2)CNN3)cc(C(=O)N[C@@H]2CCN(c3cc(CF)ccn3)C2)n1C. The molecule has 2 aromatic heterocycles.